The quantitative estimate of drug-likeness (QED) is 0.786. The SMILES string of the molecule is COCC(NC(=O)c1cnn(-c2cccc(Cl)c2)c1C(C)C)C(=O)O. The zero-order chi connectivity index (χ0) is 18.6. The zero-order valence-corrected chi connectivity index (χ0v) is 14.9. The van der Waals surface area contributed by atoms with Crippen LogP contribution in [0.4, 0.5) is 0 Å². The van der Waals surface area contributed by atoms with Crippen LogP contribution in [0.3, 0.4) is 0 Å². The Morgan fingerprint density at radius 3 is 2.68 bits per heavy atom. The van der Waals surface area contributed by atoms with Crippen LogP contribution in [0.5, 0.6) is 0 Å². The average Bonchev–Trinajstić information content (AvgIpc) is 2.99. The second-order valence-electron chi connectivity index (χ2n) is 5.81. The second kappa shape index (κ2) is 8.13. The number of amides is 1. The van der Waals surface area contributed by atoms with E-state index in [4.69, 9.17) is 21.4 Å². The minimum absolute atomic E-state index is 0.0204. The highest BCUT2D eigenvalue weighted by atomic mass is 35.5. The van der Waals surface area contributed by atoms with Crippen LogP contribution < -0.4 is 5.32 Å². The Labute approximate surface area is 150 Å². The van der Waals surface area contributed by atoms with Gasteiger partial charge in [0.05, 0.1) is 29.7 Å². The van der Waals surface area contributed by atoms with Crippen LogP contribution in [0.2, 0.25) is 5.02 Å². The highest BCUT2D eigenvalue weighted by Gasteiger charge is 2.25. The van der Waals surface area contributed by atoms with Crippen molar-refractivity contribution in [3.8, 4) is 5.69 Å². The second-order valence-corrected chi connectivity index (χ2v) is 6.25. The van der Waals surface area contributed by atoms with Crippen molar-refractivity contribution in [2.75, 3.05) is 13.7 Å². The molecule has 25 heavy (non-hydrogen) atoms. The van der Waals surface area contributed by atoms with Crippen LogP contribution in [0.15, 0.2) is 30.5 Å². The van der Waals surface area contributed by atoms with E-state index < -0.39 is 17.9 Å². The van der Waals surface area contributed by atoms with Gasteiger partial charge in [-0.2, -0.15) is 5.10 Å². The van der Waals surface area contributed by atoms with Gasteiger partial charge in [0.15, 0.2) is 6.04 Å². The molecule has 1 atom stereocenters. The third-order valence-corrected chi connectivity index (χ3v) is 3.82. The molecule has 0 bridgehead atoms. The fraction of sp³-hybridized carbons (Fsp3) is 0.353. The molecule has 134 valence electrons. The van der Waals surface area contributed by atoms with Gasteiger partial charge in [0.25, 0.3) is 5.91 Å². The van der Waals surface area contributed by atoms with Crippen molar-refractivity contribution < 1.29 is 19.4 Å². The van der Waals surface area contributed by atoms with E-state index in [9.17, 15) is 9.59 Å². The van der Waals surface area contributed by atoms with Gasteiger partial charge in [-0.1, -0.05) is 31.5 Å². The number of halogens is 1. The summed E-state index contributed by atoms with van der Waals surface area (Å²) in [6, 6.07) is 5.98. The van der Waals surface area contributed by atoms with E-state index in [0.717, 1.165) is 5.69 Å². The summed E-state index contributed by atoms with van der Waals surface area (Å²) in [5.74, 6) is -1.70. The lowest BCUT2D eigenvalue weighted by molar-refractivity contribution is -0.140. The predicted molar refractivity (Wildman–Crippen MR) is 93.4 cm³/mol. The summed E-state index contributed by atoms with van der Waals surface area (Å²) in [5.41, 5.74) is 1.71. The highest BCUT2D eigenvalue weighted by molar-refractivity contribution is 6.30. The fourth-order valence-electron chi connectivity index (χ4n) is 2.48. The van der Waals surface area contributed by atoms with Gasteiger partial charge in [-0.15, -0.1) is 0 Å². The normalized spacial score (nSPS) is 12.2. The monoisotopic (exact) mass is 365 g/mol. The van der Waals surface area contributed by atoms with Crippen molar-refractivity contribution >= 4 is 23.5 Å². The molecule has 0 saturated heterocycles. The average molecular weight is 366 g/mol. The lowest BCUT2D eigenvalue weighted by atomic mass is 10.0. The molecular weight excluding hydrogens is 346 g/mol. The Morgan fingerprint density at radius 2 is 2.12 bits per heavy atom. The maximum atomic E-state index is 12.6. The molecule has 8 heteroatoms. The maximum absolute atomic E-state index is 12.6. The first-order valence-corrected chi connectivity index (χ1v) is 8.09. The number of aliphatic carboxylic acids is 1. The molecule has 1 amide bonds. The van der Waals surface area contributed by atoms with Crippen molar-refractivity contribution in [3.05, 3.63) is 46.7 Å². The van der Waals surface area contributed by atoms with Crippen molar-refractivity contribution in [1.29, 1.82) is 0 Å². The molecular formula is C17H20ClN3O4. The number of benzene rings is 1. The maximum Gasteiger partial charge on any atom is 0.328 e. The molecule has 2 N–H and O–H groups in total. The largest absolute Gasteiger partial charge is 0.480 e. The van der Waals surface area contributed by atoms with E-state index in [1.165, 1.54) is 13.3 Å². The summed E-state index contributed by atoms with van der Waals surface area (Å²) < 4.78 is 6.47. The molecule has 1 aromatic carbocycles. The number of methoxy groups -OCH3 is 1. The van der Waals surface area contributed by atoms with Gasteiger partial charge in [0.2, 0.25) is 0 Å². The van der Waals surface area contributed by atoms with Crippen LogP contribution in [0, 0.1) is 0 Å². The first-order valence-electron chi connectivity index (χ1n) is 7.71. The third-order valence-electron chi connectivity index (χ3n) is 3.59. The summed E-state index contributed by atoms with van der Waals surface area (Å²) in [4.78, 5) is 23.8. The number of nitrogens with one attached hydrogen (secondary N) is 1. The molecule has 0 aliphatic rings. The minimum Gasteiger partial charge on any atom is -0.480 e. The third kappa shape index (κ3) is 4.37. The van der Waals surface area contributed by atoms with Gasteiger partial charge >= 0.3 is 5.97 Å². The molecule has 0 aliphatic heterocycles. The summed E-state index contributed by atoms with van der Waals surface area (Å²) in [7, 11) is 1.37. The first-order chi connectivity index (χ1) is 11.8. The Morgan fingerprint density at radius 1 is 1.40 bits per heavy atom. The number of hydrogen-bond acceptors (Lipinski definition) is 4. The number of carboxylic acids is 1. The highest BCUT2D eigenvalue weighted by Crippen LogP contribution is 2.24. The molecule has 1 aromatic heterocycles. The smallest absolute Gasteiger partial charge is 0.328 e. The lowest BCUT2D eigenvalue weighted by Crippen LogP contribution is -2.44. The number of carbonyl (C=O) groups is 2. The van der Waals surface area contributed by atoms with E-state index in [2.05, 4.69) is 10.4 Å². The predicted octanol–water partition coefficient (Wildman–Crippen LogP) is 2.48. The molecule has 0 aliphatic carbocycles. The Kier molecular flexibility index (Phi) is 6.17. The number of hydrogen-bond donors (Lipinski definition) is 2. The molecule has 2 aromatic rings. The summed E-state index contributed by atoms with van der Waals surface area (Å²) in [6.45, 7) is 3.73. The zero-order valence-electron chi connectivity index (χ0n) is 14.2. The molecule has 0 saturated carbocycles. The summed E-state index contributed by atoms with van der Waals surface area (Å²) >= 11 is 6.03. The molecule has 2 rings (SSSR count). The van der Waals surface area contributed by atoms with Gasteiger partial charge < -0.3 is 15.2 Å². The van der Waals surface area contributed by atoms with E-state index in [0.29, 0.717) is 16.3 Å². The van der Waals surface area contributed by atoms with Gasteiger partial charge in [0.1, 0.15) is 0 Å². The molecule has 0 radical (unpaired) electrons. The van der Waals surface area contributed by atoms with Crippen LogP contribution in [0.25, 0.3) is 5.69 Å². The van der Waals surface area contributed by atoms with Crippen molar-refractivity contribution in [2.45, 2.75) is 25.8 Å². The molecule has 0 spiro atoms. The van der Waals surface area contributed by atoms with E-state index in [-0.39, 0.29) is 12.5 Å². The standard InChI is InChI=1S/C17H20ClN3O4/c1-10(2)15-13(16(22)20-14(9-25-3)17(23)24)8-19-21(15)12-6-4-5-11(18)7-12/h4-8,10,14H,9H2,1-3H3,(H,20,22)(H,23,24). The van der Waals surface area contributed by atoms with Crippen molar-refractivity contribution in [2.24, 2.45) is 0 Å². The Balaban J connectivity index is 2.39. The van der Waals surface area contributed by atoms with E-state index in [1.807, 2.05) is 19.9 Å². The van der Waals surface area contributed by atoms with Crippen molar-refractivity contribution in [3.63, 3.8) is 0 Å². The molecule has 1 unspecified atom stereocenters. The molecule has 7 nitrogen and oxygen atoms in total. The lowest BCUT2D eigenvalue weighted by Gasteiger charge is -2.16. The minimum atomic E-state index is -1.16. The summed E-state index contributed by atoms with van der Waals surface area (Å²) in [6.07, 6.45) is 1.43. The number of rotatable bonds is 7. The number of nitrogens with zero attached hydrogens (tertiary/aromatic N) is 2. The van der Waals surface area contributed by atoms with Crippen molar-refractivity contribution in [1.82, 2.24) is 15.1 Å². The number of carboxylic acid groups (broad SMARTS) is 1. The molecule has 0 fully saturated rings. The fourth-order valence-corrected chi connectivity index (χ4v) is 2.66. The van der Waals surface area contributed by atoms with E-state index in [1.54, 1.807) is 22.9 Å². The van der Waals surface area contributed by atoms with Gasteiger partial charge in [-0.05, 0) is 24.1 Å². The number of carbonyl (C=O) groups excluding carboxylic acids is 1. The van der Waals surface area contributed by atoms with Crippen LogP contribution >= 0.6 is 11.6 Å². The molecule has 1 heterocycles. The first kappa shape index (κ1) is 19.0. The van der Waals surface area contributed by atoms with Crippen LogP contribution in [-0.2, 0) is 9.53 Å². The van der Waals surface area contributed by atoms with Gasteiger partial charge in [0, 0.05) is 12.1 Å². The van der Waals surface area contributed by atoms with Crippen LogP contribution in [0.1, 0.15) is 35.8 Å². The van der Waals surface area contributed by atoms with E-state index >= 15 is 0 Å². The topological polar surface area (TPSA) is 93.5 Å². The van der Waals surface area contributed by atoms with Gasteiger partial charge in [-0.3, -0.25) is 4.79 Å². The Bertz CT molecular complexity index is 773. The summed E-state index contributed by atoms with van der Waals surface area (Å²) in [5, 5.41) is 16.5. The van der Waals surface area contributed by atoms with Gasteiger partial charge in [-0.25, -0.2) is 9.48 Å². The van der Waals surface area contributed by atoms with Crippen LogP contribution in [-0.4, -0.2) is 46.5 Å². The number of ether oxygens (including phenoxy) is 1. The Hall–Kier alpha value is -2.38. The number of aromatic nitrogens is 2.